The Hall–Kier alpha value is -1.96. The number of nitrogens with zero attached hydrogens (tertiary/aromatic N) is 4. The van der Waals surface area contributed by atoms with Crippen molar-refractivity contribution in [2.24, 2.45) is 0 Å². The summed E-state index contributed by atoms with van der Waals surface area (Å²) in [6, 6.07) is 0.0493. The van der Waals surface area contributed by atoms with Gasteiger partial charge in [0.05, 0.1) is 4.92 Å². The average Bonchev–Trinajstić information content (AvgIpc) is 2.43. The van der Waals surface area contributed by atoms with E-state index in [0.29, 0.717) is 0 Å². The zero-order valence-corrected chi connectivity index (χ0v) is 12.4. The van der Waals surface area contributed by atoms with Crippen LogP contribution in [0.3, 0.4) is 0 Å². The molecule has 8 heteroatoms. The van der Waals surface area contributed by atoms with Crippen molar-refractivity contribution in [2.75, 3.05) is 37.3 Å². The Kier molecular flexibility index (Phi) is 6.10. The summed E-state index contributed by atoms with van der Waals surface area (Å²) in [5, 5.41) is 17.0. The second-order valence-corrected chi connectivity index (χ2v) is 4.46. The number of anilines is 2. The topological polar surface area (TPSA) is 96.2 Å². The van der Waals surface area contributed by atoms with Gasteiger partial charge >= 0.3 is 5.69 Å². The van der Waals surface area contributed by atoms with Crippen LogP contribution in [0.1, 0.15) is 20.8 Å². The Bertz CT molecular complexity index is 450. The van der Waals surface area contributed by atoms with Crippen molar-refractivity contribution in [2.45, 2.75) is 26.8 Å². The molecule has 20 heavy (non-hydrogen) atoms. The molecule has 0 spiro atoms. The van der Waals surface area contributed by atoms with E-state index in [2.05, 4.69) is 39.3 Å². The maximum absolute atomic E-state index is 11.2. The van der Waals surface area contributed by atoms with Gasteiger partial charge in [-0.05, 0) is 20.0 Å². The SMILES string of the molecule is CCN(CC)CC(C)Nc1ncnc(NC)c1[N+](=O)[O-]. The van der Waals surface area contributed by atoms with Crippen molar-refractivity contribution in [3.05, 3.63) is 16.4 Å². The molecule has 0 radical (unpaired) electrons. The Morgan fingerprint density at radius 1 is 1.35 bits per heavy atom. The summed E-state index contributed by atoms with van der Waals surface area (Å²) < 4.78 is 0. The molecule has 2 N–H and O–H groups in total. The lowest BCUT2D eigenvalue weighted by molar-refractivity contribution is -0.383. The summed E-state index contributed by atoms with van der Waals surface area (Å²) in [4.78, 5) is 20.8. The maximum atomic E-state index is 11.2. The first-order valence-corrected chi connectivity index (χ1v) is 6.69. The van der Waals surface area contributed by atoms with Crippen LogP contribution in [0.4, 0.5) is 17.3 Å². The molecule has 0 aliphatic rings. The third-order valence-electron chi connectivity index (χ3n) is 3.05. The number of aromatic nitrogens is 2. The van der Waals surface area contributed by atoms with Crippen molar-refractivity contribution >= 4 is 17.3 Å². The highest BCUT2D eigenvalue weighted by Gasteiger charge is 2.23. The van der Waals surface area contributed by atoms with Crippen LogP contribution >= 0.6 is 0 Å². The molecule has 1 rings (SSSR count). The Morgan fingerprint density at radius 2 is 1.95 bits per heavy atom. The van der Waals surface area contributed by atoms with E-state index in [9.17, 15) is 10.1 Å². The average molecular weight is 282 g/mol. The smallest absolute Gasteiger partial charge is 0.353 e. The first kappa shape index (κ1) is 16.1. The fourth-order valence-corrected chi connectivity index (χ4v) is 1.99. The molecule has 112 valence electrons. The van der Waals surface area contributed by atoms with Gasteiger partial charge in [0, 0.05) is 19.6 Å². The number of hydrogen-bond donors (Lipinski definition) is 2. The van der Waals surface area contributed by atoms with Gasteiger partial charge in [0.25, 0.3) is 0 Å². The predicted molar refractivity (Wildman–Crippen MR) is 79.1 cm³/mol. The van der Waals surface area contributed by atoms with Crippen LogP contribution in [-0.4, -0.2) is 52.5 Å². The third-order valence-corrected chi connectivity index (χ3v) is 3.05. The van der Waals surface area contributed by atoms with Crippen molar-refractivity contribution in [3.63, 3.8) is 0 Å². The lowest BCUT2D eigenvalue weighted by Gasteiger charge is -2.23. The minimum atomic E-state index is -0.474. The molecule has 0 saturated heterocycles. The molecule has 0 aliphatic heterocycles. The summed E-state index contributed by atoms with van der Waals surface area (Å²) >= 11 is 0. The van der Waals surface area contributed by atoms with E-state index in [1.54, 1.807) is 7.05 Å². The van der Waals surface area contributed by atoms with Gasteiger partial charge in [-0.2, -0.15) is 0 Å². The highest BCUT2D eigenvalue weighted by Crippen LogP contribution is 2.28. The summed E-state index contributed by atoms with van der Waals surface area (Å²) in [5.74, 6) is 0.455. The molecule has 1 aromatic heterocycles. The Balaban J connectivity index is 2.89. The van der Waals surface area contributed by atoms with Gasteiger partial charge < -0.3 is 15.5 Å². The summed E-state index contributed by atoms with van der Waals surface area (Å²) in [6.45, 7) is 8.82. The van der Waals surface area contributed by atoms with Crippen LogP contribution in [0.2, 0.25) is 0 Å². The lowest BCUT2D eigenvalue weighted by atomic mass is 10.3. The zero-order valence-electron chi connectivity index (χ0n) is 12.4. The monoisotopic (exact) mass is 282 g/mol. The molecule has 0 aliphatic carbocycles. The van der Waals surface area contributed by atoms with Crippen LogP contribution in [0.25, 0.3) is 0 Å². The standard InChI is InChI=1S/C12H22N6O2/c1-5-17(6-2)7-9(3)16-12-10(18(19)20)11(13-4)14-8-15-12/h8-9H,5-7H2,1-4H3,(H2,13,14,15,16). The van der Waals surface area contributed by atoms with Crippen molar-refractivity contribution in [3.8, 4) is 0 Å². The Morgan fingerprint density at radius 3 is 2.45 bits per heavy atom. The molecular formula is C12H22N6O2. The molecule has 0 bridgehead atoms. The molecule has 1 unspecified atom stereocenters. The van der Waals surface area contributed by atoms with Gasteiger partial charge in [-0.1, -0.05) is 13.8 Å². The molecule has 1 heterocycles. The van der Waals surface area contributed by atoms with Gasteiger partial charge in [-0.3, -0.25) is 10.1 Å². The normalized spacial score (nSPS) is 12.2. The van der Waals surface area contributed by atoms with E-state index >= 15 is 0 Å². The molecule has 1 atom stereocenters. The van der Waals surface area contributed by atoms with Crippen LogP contribution in [0.5, 0.6) is 0 Å². The molecule has 0 amide bonds. The second-order valence-electron chi connectivity index (χ2n) is 4.46. The second kappa shape index (κ2) is 7.59. The number of hydrogen-bond acceptors (Lipinski definition) is 7. The first-order chi connectivity index (χ1) is 9.53. The highest BCUT2D eigenvalue weighted by atomic mass is 16.6. The summed E-state index contributed by atoms with van der Waals surface area (Å²) in [5.41, 5.74) is -0.124. The number of rotatable bonds is 8. The molecule has 0 aromatic carbocycles. The zero-order chi connectivity index (χ0) is 15.1. The quantitative estimate of drug-likeness (QED) is 0.551. The molecular weight excluding hydrogens is 260 g/mol. The molecule has 1 aromatic rings. The van der Waals surface area contributed by atoms with E-state index in [-0.39, 0.29) is 23.4 Å². The number of nitro groups is 1. The number of likely N-dealkylation sites (N-methyl/N-ethyl adjacent to an activating group) is 1. The predicted octanol–water partition coefficient (Wildman–Crippen LogP) is 1.57. The van der Waals surface area contributed by atoms with Gasteiger partial charge in [0.1, 0.15) is 6.33 Å². The number of nitrogens with one attached hydrogen (secondary N) is 2. The van der Waals surface area contributed by atoms with Crippen molar-refractivity contribution in [1.82, 2.24) is 14.9 Å². The van der Waals surface area contributed by atoms with Crippen LogP contribution < -0.4 is 10.6 Å². The third kappa shape index (κ3) is 4.02. The van der Waals surface area contributed by atoms with E-state index in [0.717, 1.165) is 19.6 Å². The maximum Gasteiger partial charge on any atom is 0.353 e. The minimum Gasteiger partial charge on any atom is -0.367 e. The van der Waals surface area contributed by atoms with Gasteiger partial charge in [-0.25, -0.2) is 9.97 Å². The first-order valence-electron chi connectivity index (χ1n) is 6.69. The fourth-order valence-electron chi connectivity index (χ4n) is 1.99. The van der Waals surface area contributed by atoms with E-state index in [1.807, 2.05) is 6.92 Å². The van der Waals surface area contributed by atoms with E-state index in [1.165, 1.54) is 6.33 Å². The summed E-state index contributed by atoms with van der Waals surface area (Å²) in [6.07, 6.45) is 1.31. The van der Waals surface area contributed by atoms with Gasteiger partial charge in [0.15, 0.2) is 0 Å². The molecule has 8 nitrogen and oxygen atoms in total. The van der Waals surface area contributed by atoms with Crippen molar-refractivity contribution < 1.29 is 4.92 Å². The fraction of sp³-hybridized carbons (Fsp3) is 0.667. The minimum absolute atomic E-state index is 0.0493. The largest absolute Gasteiger partial charge is 0.367 e. The molecule has 0 saturated carbocycles. The lowest BCUT2D eigenvalue weighted by Crippen LogP contribution is -2.35. The summed E-state index contributed by atoms with van der Waals surface area (Å²) in [7, 11) is 1.60. The van der Waals surface area contributed by atoms with Gasteiger partial charge in [0.2, 0.25) is 11.6 Å². The van der Waals surface area contributed by atoms with E-state index < -0.39 is 4.92 Å². The Labute approximate surface area is 118 Å². The van der Waals surface area contributed by atoms with Crippen LogP contribution in [0, 0.1) is 10.1 Å². The van der Waals surface area contributed by atoms with Crippen molar-refractivity contribution in [1.29, 1.82) is 0 Å². The van der Waals surface area contributed by atoms with E-state index in [4.69, 9.17) is 0 Å². The molecule has 0 fully saturated rings. The van der Waals surface area contributed by atoms with Crippen LogP contribution in [-0.2, 0) is 0 Å². The van der Waals surface area contributed by atoms with Gasteiger partial charge in [-0.15, -0.1) is 0 Å². The highest BCUT2D eigenvalue weighted by molar-refractivity contribution is 5.69. The van der Waals surface area contributed by atoms with Crippen LogP contribution in [0.15, 0.2) is 6.33 Å².